The Kier molecular flexibility index (Phi) is 7.87. The first kappa shape index (κ1) is 22.5. The van der Waals surface area contributed by atoms with Crippen molar-refractivity contribution in [2.75, 3.05) is 39.8 Å². The van der Waals surface area contributed by atoms with Crippen LogP contribution in [0.15, 0.2) is 66.0 Å². The zero-order valence-electron chi connectivity index (χ0n) is 18.5. The predicted octanol–water partition coefficient (Wildman–Crippen LogP) is 3.99. The molecular formula is C25H31N5OS. The summed E-state index contributed by atoms with van der Waals surface area (Å²) in [5, 5.41) is 8.84. The molecule has 0 radical (unpaired) electrons. The van der Waals surface area contributed by atoms with Crippen molar-refractivity contribution in [2.45, 2.75) is 19.0 Å². The summed E-state index contributed by atoms with van der Waals surface area (Å²) in [5.74, 6) is 0. The molecule has 1 saturated heterocycles. The number of aromatic nitrogens is 1. The van der Waals surface area contributed by atoms with Gasteiger partial charge in [0.25, 0.3) is 0 Å². The second kappa shape index (κ2) is 11.2. The molecule has 0 spiro atoms. The smallest absolute Gasteiger partial charge is 0.315 e. The Morgan fingerprint density at radius 3 is 2.59 bits per heavy atom. The fraction of sp³-hybridized carbons (Fsp3) is 0.360. The van der Waals surface area contributed by atoms with Gasteiger partial charge in [-0.3, -0.25) is 4.90 Å². The molecule has 1 aromatic heterocycles. The molecule has 1 aliphatic rings. The van der Waals surface area contributed by atoms with Gasteiger partial charge >= 0.3 is 6.03 Å². The van der Waals surface area contributed by atoms with Gasteiger partial charge in [0, 0.05) is 49.7 Å². The van der Waals surface area contributed by atoms with Crippen LogP contribution in [0.2, 0.25) is 0 Å². The van der Waals surface area contributed by atoms with Gasteiger partial charge in [0.05, 0.1) is 12.2 Å². The molecule has 2 N–H and O–H groups in total. The minimum absolute atomic E-state index is 0.139. The van der Waals surface area contributed by atoms with Crippen molar-refractivity contribution in [3.8, 4) is 11.3 Å². The first-order valence-corrected chi connectivity index (χ1v) is 12.1. The Bertz CT molecular complexity index is 978. The van der Waals surface area contributed by atoms with Crippen LogP contribution >= 0.6 is 11.3 Å². The third kappa shape index (κ3) is 6.16. The molecule has 0 aliphatic carbocycles. The molecule has 1 atom stereocenters. The van der Waals surface area contributed by atoms with Crippen molar-refractivity contribution in [1.29, 1.82) is 0 Å². The van der Waals surface area contributed by atoms with E-state index in [9.17, 15) is 4.79 Å². The zero-order chi connectivity index (χ0) is 22.2. The van der Waals surface area contributed by atoms with Gasteiger partial charge in [0.15, 0.2) is 0 Å². The van der Waals surface area contributed by atoms with Crippen molar-refractivity contribution in [2.24, 2.45) is 0 Å². The molecule has 2 amide bonds. The second-order valence-corrected chi connectivity index (χ2v) is 9.12. The van der Waals surface area contributed by atoms with Gasteiger partial charge in [-0.25, -0.2) is 9.78 Å². The van der Waals surface area contributed by atoms with Crippen molar-refractivity contribution in [3.63, 3.8) is 0 Å². The molecule has 2 aromatic carbocycles. The number of thiazole rings is 1. The first-order chi connectivity index (χ1) is 15.7. The molecule has 0 unspecified atom stereocenters. The Morgan fingerprint density at radius 1 is 1.06 bits per heavy atom. The Hall–Kier alpha value is -2.74. The molecule has 2 heterocycles. The van der Waals surface area contributed by atoms with Crippen LogP contribution in [0.5, 0.6) is 0 Å². The van der Waals surface area contributed by atoms with Gasteiger partial charge < -0.3 is 15.5 Å². The molecule has 1 aliphatic heterocycles. The lowest BCUT2D eigenvalue weighted by Gasteiger charge is -2.40. The van der Waals surface area contributed by atoms with E-state index in [1.54, 1.807) is 11.3 Å². The summed E-state index contributed by atoms with van der Waals surface area (Å²) in [5.41, 5.74) is 3.41. The minimum Gasteiger partial charge on any atom is -0.338 e. The number of urea groups is 1. The molecule has 3 aromatic rings. The van der Waals surface area contributed by atoms with E-state index < -0.39 is 0 Å². The van der Waals surface area contributed by atoms with Gasteiger partial charge in [0.2, 0.25) is 0 Å². The Balaban J connectivity index is 1.18. The van der Waals surface area contributed by atoms with Crippen molar-refractivity contribution >= 4 is 17.4 Å². The van der Waals surface area contributed by atoms with Crippen LogP contribution in [0, 0.1) is 0 Å². The number of carbonyl (C=O) groups excluding carboxylic acids is 1. The number of hydrogen-bond donors (Lipinski definition) is 2. The van der Waals surface area contributed by atoms with E-state index in [-0.39, 0.29) is 6.03 Å². The number of amides is 2. The van der Waals surface area contributed by atoms with Gasteiger partial charge in [0.1, 0.15) is 5.01 Å². The normalized spacial score (nSPS) is 17.2. The number of carbonyl (C=O) groups is 1. The van der Waals surface area contributed by atoms with E-state index in [2.05, 4.69) is 62.8 Å². The van der Waals surface area contributed by atoms with E-state index in [0.717, 1.165) is 48.9 Å². The highest BCUT2D eigenvalue weighted by Gasteiger charge is 2.25. The van der Waals surface area contributed by atoms with E-state index in [4.69, 9.17) is 0 Å². The topological polar surface area (TPSA) is 60.5 Å². The fourth-order valence-corrected chi connectivity index (χ4v) is 4.80. The average molecular weight is 450 g/mol. The summed E-state index contributed by atoms with van der Waals surface area (Å²) in [7, 11) is 2.18. The lowest BCUT2D eigenvalue weighted by atomic mass is 10.0. The van der Waals surface area contributed by atoms with Crippen LogP contribution < -0.4 is 10.6 Å². The Morgan fingerprint density at radius 2 is 1.81 bits per heavy atom. The number of nitrogens with zero attached hydrogens (tertiary/aromatic N) is 3. The van der Waals surface area contributed by atoms with E-state index >= 15 is 0 Å². The molecule has 32 heavy (non-hydrogen) atoms. The highest BCUT2D eigenvalue weighted by molar-refractivity contribution is 7.09. The van der Waals surface area contributed by atoms with Gasteiger partial charge in [-0.2, -0.15) is 0 Å². The summed E-state index contributed by atoms with van der Waals surface area (Å²) in [4.78, 5) is 21.8. The van der Waals surface area contributed by atoms with Crippen LogP contribution in [-0.4, -0.2) is 60.6 Å². The number of benzene rings is 2. The number of nitrogens with one attached hydrogen (secondary N) is 2. The summed E-state index contributed by atoms with van der Waals surface area (Å²) < 4.78 is 0. The summed E-state index contributed by atoms with van der Waals surface area (Å²) in [6.07, 6.45) is 0.926. The maximum atomic E-state index is 12.2. The molecule has 7 heteroatoms. The highest BCUT2D eigenvalue weighted by atomic mass is 32.1. The largest absolute Gasteiger partial charge is 0.338 e. The first-order valence-electron chi connectivity index (χ1n) is 11.2. The highest BCUT2D eigenvalue weighted by Crippen LogP contribution is 2.25. The van der Waals surface area contributed by atoms with Gasteiger partial charge in [-0.15, -0.1) is 11.3 Å². The van der Waals surface area contributed by atoms with Crippen molar-refractivity contribution in [3.05, 3.63) is 76.6 Å². The van der Waals surface area contributed by atoms with E-state index in [1.165, 1.54) is 5.56 Å². The monoisotopic (exact) mass is 449 g/mol. The standard InChI is InChI=1S/C25H31N5OS/c1-29-15-16-30(23(18-29)21-11-6-3-7-12-21)14-8-13-26-25(31)27-17-24-28-22(19-32-24)20-9-4-2-5-10-20/h2-7,9-12,19,23H,8,13-18H2,1H3,(H2,26,27,31)/t23-/m1/s1. The van der Waals surface area contributed by atoms with Crippen LogP contribution in [0.1, 0.15) is 23.0 Å². The zero-order valence-corrected chi connectivity index (χ0v) is 19.4. The van der Waals surface area contributed by atoms with Crippen LogP contribution in [0.3, 0.4) is 0 Å². The predicted molar refractivity (Wildman–Crippen MR) is 131 cm³/mol. The number of piperazine rings is 1. The quantitative estimate of drug-likeness (QED) is 0.511. The molecule has 6 nitrogen and oxygen atoms in total. The number of hydrogen-bond acceptors (Lipinski definition) is 5. The SMILES string of the molecule is CN1CCN(CCCNC(=O)NCc2nc(-c3ccccc3)cs2)[C@@H](c2ccccc2)C1. The number of rotatable bonds is 8. The second-order valence-electron chi connectivity index (χ2n) is 8.18. The summed E-state index contributed by atoms with van der Waals surface area (Å²) in [6.45, 7) is 5.24. The fourth-order valence-electron chi connectivity index (χ4n) is 4.05. The van der Waals surface area contributed by atoms with Crippen molar-refractivity contribution < 1.29 is 4.79 Å². The molecule has 4 rings (SSSR count). The molecule has 1 fully saturated rings. The summed E-state index contributed by atoms with van der Waals surface area (Å²) in [6, 6.07) is 21.1. The molecule has 0 bridgehead atoms. The maximum absolute atomic E-state index is 12.2. The third-order valence-corrected chi connectivity index (χ3v) is 6.66. The van der Waals surface area contributed by atoms with Crippen LogP contribution in [-0.2, 0) is 6.54 Å². The van der Waals surface area contributed by atoms with Crippen molar-refractivity contribution in [1.82, 2.24) is 25.4 Å². The Labute approximate surface area is 194 Å². The van der Waals surface area contributed by atoms with Crippen LogP contribution in [0.4, 0.5) is 4.79 Å². The molecule has 0 saturated carbocycles. The van der Waals surface area contributed by atoms with E-state index in [1.807, 2.05) is 35.7 Å². The van der Waals surface area contributed by atoms with Gasteiger partial charge in [-0.1, -0.05) is 60.7 Å². The lowest BCUT2D eigenvalue weighted by molar-refractivity contribution is 0.0889. The number of likely N-dealkylation sites (N-methyl/N-ethyl adjacent to an activating group) is 1. The van der Waals surface area contributed by atoms with E-state index in [0.29, 0.717) is 19.1 Å². The van der Waals surface area contributed by atoms with Gasteiger partial charge in [-0.05, 0) is 19.0 Å². The minimum atomic E-state index is -0.139. The third-order valence-electron chi connectivity index (χ3n) is 5.81. The molecule has 168 valence electrons. The summed E-state index contributed by atoms with van der Waals surface area (Å²) >= 11 is 1.57. The lowest BCUT2D eigenvalue weighted by Crippen LogP contribution is -2.47. The maximum Gasteiger partial charge on any atom is 0.315 e. The molecular weight excluding hydrogens is 418 g/mol. The van der Waals surface area contributed by atoms with Crippen LogP contribution in [0.25, 0.3) is 11.3 Å². The average Bonchev–Trinajstić information content (AvgIpc) is 3.31.